The number of likely N-dealkylation sites (tertiary alicyclic amines) is 1. The van der Waals surface area contributed by atoms with Crippen molar-refractivity contribution in [1.29, 1.82) is 0 Å². The Bertz CT molecular complexity index is 1030. The molecule has 0 radical (unpaired) electrons. The molecule has 3 heteroatoms. The zero-order valence-electron chi connectivity index (χ0n) is 19.4. The van der Waals surface area contributed by atoms with Crippen LogP contribution in [0.2, 0.25) is 0 Å². The van der Waals surface area contributed by atoms with E-state index in [9.17, 15) is 4.79 Å². The van der Waals surface area contributed by atoms with Crippen LogP contribution in [0, 0.1) is 20.8 Å². The zero-order valence-corrected chi connectivity index (χ0v) is 19.4. The summed E-state index contributed by atoms with van der Waals surface area (Å²) in [4.78, 5) is 15.5. The monoisotopic (exact) mass is 427 g/mol. The highest BCUT2D eigenvalue weighted by Crippen LogP contribution is 2.32. The maximum atomic E-state index is 13.0. The number of hydrogen-bond acceptors (Lipinski definition) is 3. The lowest BCUT2D eigenvalue weighted by Gasteiger charge is -2.41. The minimum Gasteiger partial charge on any atom is -0.455 e. The van der Waals surface area contributed by atoms with Gasteiger partial charge in [-0.2, -0.15) is 0 Å². The summed E-state index contributed by atoms with van der Waals surface area (Å²) in [5, 5.41) is 0. The molecule has 0 aromatic heterocycles. The molecule has 32 heavy (non-hydrogen) atoms. The number of benzene rings is 3. The Morgan fingerprint density at radius 3 is 1.75 bits per heavy atom. The quantitative estimate of drug-likeness (QED) is 0.449. The number of carbonyl (C=O) groups excluding carboxylic acids is 1. The van der Waals surface area contributed by atoms with Gasteiger partial charge in [-0.25, -0.2) is 4.79 Å². The average molecular weight is 428 g/mol. The SMILES string of the molecule is Cc1ccc(CN2CCC(Cc3ccc(C)cc3)(OC(=O)c3ccc(C)cc3)CC2)cc1. The van der Waals surface area contributed by atoms with Crippen molar-refractivity contribution in [2.45, 2.75) is 52.2 Å². The molecule has 4 rings (SSSR count). The van der Waals surface area contributed by atoms with E-state index in [0.29, 0.717) is 5.56 Å². The molecular weight excluding hydrogens is 394 g/mol. The first-order chi connectivity index (χ1) is 15.4. The van der Waals surface area contributed by atoms with Crippen molar-refractivity contribution in [3.05, 3.63) is 106 Å². The standard InChI is InChI=1S/C29H33NO2/c1-22-4-10-25(11-5-22)20-29(32-28(31)27-14-8-24(3)9-15-27)16-18-30(19-17-29)21-26-12-6-23(2)7-13-26/h4-15H,16-21H2,1-3H3. The van der Waals surface area contributed by atoms with E-state index in [2.05, 4.69) is 67.3 Å². The Morgan fingerprint density at radius 2 is 1.22 bits per heavy atom. The van der Waals surface area contributed by atoms with Crippen molar-refractivity contribution >= 4 is 5.97 Å². The fourth-order valence-electron chi connectivity index (χ4n) is 4.41. The van der Waals surface area contributed by atoms with Crippen LogP contribution in [0.5, 0.6) is 0 Å². The molecule has 0 N–H and O–H groups in total. The predicted octanol–water partition coefficient (Wildman–Crippen LogP) is 6.05. The van der Waals surface area contributed by atoms with E-state index in [4.69, 9.17) is 4.74 Å². The minimum absolute atomic E-state index is 0.218. The summed E-state index contributed by atoms with van der Waals surface area (Å²) in [6.45, 7) is 9.01. The number of rotatable bonds is 6. The van der Waals surface area contributed by atoms with Crippen LogP contribution in [0.25, 0.3) is 0 Å². The highest BCUT2D eigenvalue weighted by Gasteiger charge is 2.38. The summed E-state index contributed by atoms with van der Waals surface area (Å²) in [5.41, 5.74) is 6.37. The number of piperidine rings is 1. The van der Waals surface area contributed by atoms with Crippen molar-refractivity contribution in [2.24, 2.45) is 0 Å². The van der Waals surface area contributed by atoms with Gasteiger partial charge in [-0.3, -0.25) is 4.90 Å². The number of nitrogens with zero attached hydrogens (tertiary/aromatic N) is 1. The molecule has 0 spiro atoms. The van der Waals surface area contributed by atoms with Crippen LogP contribution in [0.1, 0.15) is 51.0 Å². The number of carbonyl (C=O) groups is 1. The number of aryl methyl sites for hydroxylation is 3. The van der Waals surface area contributed by atoms with Crippen LogP contribution < -0.4 is 0 Å². The second-order valence-electron chi connectivity index (χ2n) is 9.36. The number of ether oxygens (including phenoxy) is 1. The van der Waals surface area contributed by atoms with Crippen LogP contribution in [0.4, 0.5) is 0 Å². The summed E-state index contributed by atoms with van der Waals surface area (Å²) in [7, 11) is 0. The summed E-state index contributed by atoms with van der Waals surface area (Å²) < 4.78 is 6.29. The molecule has 0 unspecified atom stereocenters. The molecule has 3 nitrogen and oxygen atoms in total. The largest absolute Gasteiger partial charge is 0.455 e. The lowest BCUT2D eigenvalue weighted by Crippen LogP contribution is -2.48. The van der Waals surface area contributed by atoms with Gasteiger partial charge in [-0.15, -0.1) is 0 Å². The summed E-state index contributed by atoms with van der Waals surface area (Å²) in [5.74, 6) is -0.218. The van der Waals surface area contributed by atoms with E-state index >= 15 is 0 Å². The van der Waals surface area contributed by atoms with Crippen LogP contribution in [-0.4, -0.2) is 29.6 Å². The first kappa shape index (κ1) is 22.3. The van der Waals surface area contributed by atoms with Gasteiger partial charge in [0.15, 0.2) is 0 Å². The fourth-order valence-corrected chi connectivity index (χ4v) is 4.41. The Hall–Kier alpha value is -2.91. The van der Waals surface area contributed by atoms with Crippen molar-refractivity contribution in [1.82, 2.24) is 4.90 Å². The molecule has 3 aromatic carbocycles. The molecule has 166 valence electrons. The van der Waals surface area contributed by atoms with E-state index in [-0.39, 0.29) is 5.97 Å². The molecule has 3 aromatic rings. The normalized spacial score (nSPS) is 16.0. The Labute approximate surface area is 192 Å². The lowest BCUT2D eigenvalue weighted by molar-refractivity contribution is -0.0520. The molecule has 0 atom stereocenters. The zero-order chi connectivity index (χ0) is 22.6. The average Bonchev–Trinajstić information content (AvgIpc) is 2.79. The first-order valence-corrected chi connectivity index (χ1v) is 11.5. The van der Waals surface area contributed by atoms with Crippen molar-refractivity contribution in [2.75, 3.05) is 13.1 Å². The van der Waals surface area contributed by atoms with E-state index in [0.717, 1.165) is 44.5 Å². The molecule has 0 bridgehead atoms. The van der Waals surface area contributed by atoms with Crippen molar-refractivity contribution in [3.8, 4) is 0 Å². The van der Waals surface area contributed by atoms with Gasteiger partial charge < -0.3 is 4.74 Å². The van der Waals surface area contributed by atoms with Gasteiger partial charge in [0.1, 0.15) is 5.60 Å². The lowest BCUT2D eigenvalue weighted by atomic mass is 9.84. The Kier molecular flexibility index (Phi) is 6.76. The van der Waals surface area contributed by atoms with Crippen LogP contribution in [-0.2, 0) is 17.7 Å². The van der Waals surface area contributed by atoms with E-state index in [1.807, 2.05) is 31.2 Å². The highest BCUT2D eigenvalue weighted by atomic mass is 16.6. The third kappa shape index (κ3) is 5.66. The molecule has 1 fully saturated rings. The van der Waals surface area contributed by atoms with Crippen LogP contribution in [0.3, 0.4) is 0 Å². The summed E-state index contributed by atoms with van der Waals surface area (Å²) in [6.07, 6.45) is 2.43. The van der Waals surface area contributed by atoms with Crippen LogP contribution >= 0.6 is 0 Å². The van der Waals surface area contributed by atoms with Gasteiger partial charge >= 0.3 is 5.97 Å². The predicted molar refractivity (Wildman–Crippen MR) is 130 cm³/mol. The maximum Gasteiger partial charge on any atom is 0.338 e. The molecular formula is C29H33NO2. The number of esters is 1. The van der Waals surface area contributed by atoms with Gasteiger partial charge in [-0.1, -0.05) is 77.4 Å². The molecule has 1 heterocycles. The minimum atomic E-state index is -0.471. The first-order valence-electron chi connectivity index (χ1n) is 11.5. The topological polar surface area (TPSA) is 29.5 Å². The maximum absolute atomic E-state index is 13.0. The highest BCUT2D eigenvalue weighted by molar-refractivity contribution is 5.89. The second-order valence-corrected chi connectivity index (χ2v) is 9.36. The third-order valence-electron chi connectivity index (χ3n) is 6.54. The Morgan fingerprint density at radius 1 is 0.750 bits per heavy atom. The molecule has 0 saturated carbocycles. The van der Waals surface area contributed by atoms with Gasteiger partial charge in [0.05, 0.1) is 5.56 Å². The van der Waals surface area contributed by atoms with Gasteiger partial charge in [0.2, 0.25) is 0 Å². The van der Waals surface area contributed by atoms with Crippen LogP contribution in [0.15, 0.2) is 72.8 Å². The summed E-state index contributed by atoms with van der Waals surface area (Å²) >= 11 is 0. The third-order valence-corrected chi connectivity index (χ3v) is 6.54. The van der Waals surface area contributed by atoms with Gasteiger partial charge in [0.25, 0.3) is 0 Å². The van der Waals surface area contributed by atoms with E-state index < -0.39 is 5.60 Å². The molecule has 1 aliphatic heterocycles. The molecule has 1 aliphatic rings. The molecule has 0 aliphatic carbocycles. The smallest absolute Gasteiger partial charge is 0.338 e. The Balaban J connectivity index is 1.49. The second kappa shape index (κ2) is 9.70. The van der Waals surface area contributed by atoms with Gasteiger partial charge in [-0.05, 0) is 44.0 Å². The number of hydrogen-bond donors (Lipinski definition) is 0. The van der Waals surface area contributed by atoms with Crippen molar-refractivity contribution in [3.63, 3.8) is 0 Å². The fraction of sp³-hybridized carbons (Fsp3) is 0.345. The van der Waals surface area contributed by atoms with Crippen molar-refractivity contribution < 1.29 is 9.53 Å². The van der Waals surface area contributed by atoms with E-state index in [1.54, 1.807) is 0 Å². The van der Waals surface area contributed by atoms with Gasteiger partial charge in [0, 0.05) is 38.9 Å². The van der Waals surface area contributed by atoms with E-state index in [1.165, 1.54) is 22.3 Å². The summed E-state index contributed by atoms with van der Waals surface area (Å²) in [6, 6.07) is 25.0. The molecule has 1 saturated heterocycles. The molecule has 0 amide bonds.